The van der Waals surface area contributed by atoms with Crippen molar-refractivity contribution < 1.29 is 18.0 Å². The minimum Gasteiger partial charge on any atom is -0.348 e. The first-order valence-electron chi connectivity index (χ1n) is 11.7. The Bertz CT molecular complexity index is 1260. The van der Waals surface area contributed by atoms with Gasteiger partial charge in [-0.2, -0.15) is 0 Å². The van der Waals surface area contributed by atoms with E-state index in [9.17, 15) is 18.0 Å². The summed E-state index contributed by atoms with van der Waals surface area (Å²) in [7, 11) is -3.44. The molecule has 35 heavy (non-hydrogen) atoms. The van der Waals surface area contributed by atoms with Crippen LogP contribution in [0.3, 0.4) is 0 Å². The van der Waals surface area contributed by atoms with E-state index in [0.717, 1.165) is 11.1 Å². The number of sulfonamides is 1. The van der Waals surface area contributed by atoms with Crippen LogP contribution in [0.1, 0.15) is 34.3 Å². The molecule has 0 unspecified atom stereocenters. The standard InChI is InChI=1S/C27H29N3O4S/c31-26(23-15-17-30(18-16-23)35(33,34)20-22-11-5-2-6-12-22)29-25-14-8-7-13-24(25)27(32)28-19-21-9-3-1-4-10-21/h1-14,23H,15-20H2,(H,28,32)(H,29,31). The van der Waals surface area contributed by atoms with Crippen molar-refractivity contribution in [2.45, 2.75) is 25.1 Å². The molecule has 7 nitrogen and oxygen atoms in total. The normalized spacial score (nSPS) is 14.9. The van der Waals surface area contributed by atoms with Crippen molar-refractivity contribution in [1.82, 2.24) is 9.62 Å². The molecular formula is C27H29N3O4S. The van der Waals surface area contributed by atoms with Gasteiger partial charge in [-0.1, -0.05) is 72.8 Å². The lowest BCUT2D eigenvalue weighted by Crippen LogP contribution is -2.42. The average molecular weight is 492 g/mol. The molecular weight excluding hydrogens is 462 g/mol. The summed E-state index contributed by atoms with van der Waals surface area (Å²) in [5.41, 5.74) is 2.56. The van der Waals surface area contributed by atoms with Gasteiger partial charge < -0.3 is 10.6 Å². The number of benzene rings is 3. The maximum atomic E-state index is 13.0. The summed E-state index contributed by atoms with van der Waals surface area (Å²) in [4.78, 5) is 25.7. The molecule has 0 radical (unpaired) electrons. The van der Waals surface area contributed by atoms with E-state index in [-0.39, 0.29) is 23.5 Å². The average Bonchev–Trinajstić information content (AvgIpc) is 2.88. The molecule has 1 heterocycles. The van der Waals surface area contributed by atoms with Crippen LogP contribution in [0.2, 0.25) is 0 Å². The molecule has 0 bridgehead atoms. The van der Waals surface area contributed by atoms with Crippen LogP contribution in [0.5, 0.6) is 0 Å². The van der Waals surface area contributed by atoms with Crippen LogP contribution in [-0.4, -0.2) is 37.6 Å². The number of anilines is 1. The molecule has 2 amide bonds. The number of carbonyl (C=O) groups is 2. The second-order valence-corrected chi connectivity index (χ2v) is 10.6. The molecule has 3 aromatic rings. The number of carbonyl (C=O) groups excluding carboxylic acids is 2. The molecule has 0 saturated carbocycles. The highest BCUT2D eigenvalue weighted by molar-refractivity contribution is 7.88. The molecule has 3 aromatic carbocycles. The second kappa shape index (κ2) is 11.3. The number of nitrogens with one attached hydrogen (secondary N) is 2. The zero-order valence-corrected chi connectivity index (χ0v) is 20.2. The van der Waals surface area contributed by atoms with E-state index in [1.165, 1.54) is 4.31 Å². The van der Waals surface area contributed by atoms with Gasteiger partial charge >= 0.3 is 0 Å². The summed E-state index contributed by atoms with van der Waals surface area (Å²) < 4.78 is 27.0. The first-order chi connectivity index (χ1) is 16.9. The van der Waals surface area contributed by atoms with Gasteiger partial charge in [0.2, 0.25) is 15.9 Å². The minimum atomic E-state index is -3.44. The van der Waals surface area contributed by atoms with Crippen LogP contribution < -0.4 is 10.6 Å². The Labute approximate surface area is 206 Å². The van der Waals surface area contributed by atoms with Gasteiger partial charge in [-0.25, -0.2) is 12.7 Å². The van der Waals surface area contributed by atoms with Crippen LogP contribution in [0.4, 0.5) is 5.69 Å². The molecule has 8 heteroatoms. The molecule has 1 aliphatic heterocycles. The molecule has 1 saturated heterocycles. The second-order valence-electron chi connectivity index (χ2n) is 8.62. The quantitative estimate of drug-likeness (QED) is 0.501. The predicted molar refractivity (Wildman–Crippen MR) is 136 cm³/mol. The third kappa shape index (κ3) is 6.55. The number of para-hydroxylation sites is 1. The van der Waals surface area contributed by atoms with E-state index >= 15 is 0 Å². The number of hydrogen-bond donors (Lipinski definition) is 2. The highest BCUT2D eigenvalue weighted by Crippen LogP contribution is 2.24. The Hall–Kier alpha value is -3.49. The SMILES string of the molecule is O=C(NCc1ccccc1)c1ccccc1NC(=O)C1CCN(S(=O)(=O)Cc2ccccc2)CC1. The Kier molecular flexibility index (Phi) is 7.94. The fraction of sp³-hybridized carbons (Fsp3) is 0.259. The highest BCUT2D eigenvalue weighted by atomic mass is 32.2. The lowest BCUT2D eigenvalue weighted by molar-refractivity contribution is -0.120. The number of hydrogen-bond acceptors (Lipinski definition) is 4. The molecule has 182 valence electrons. The molecule has 2 N–H and O–H groups in total. The molecule has 0 aromatic heterocycles. The molecule has 4 rings (SSSR count). The van der Waals surface area contributed by atoms with Crippen molar-refractivity contribution >= 4 is 27.5 Å². The summed E-state index contributed by atoms with van der Waals surface area (Å²) in [6.07, 6.45) is 0.866. The third-order valence-electron chi connectivity index (χ3n) is 6.14. The van der Waals surface area contributed by atoms with Crippen LogP contribution in [0, 0.1) is 5.92 Å². The van der Waals surface area contributed by atoms with E-state index in [1.54, 1.807) is 36.4 Å². The van der Waals surface area contributed by atoms with Gasteiger partial charge in [0.25, 0.3) is 5.91 Å². The molecule has 0 atom stereocenters. The zero-order chi connectivity index (χ0) is 24.7. The van der Waals surface area contributed by atoms with Crippen LogP contribution in [-0.2, 0) is 27.1 Å². The third-order valence-corrected chi connectivity index (χ3v) is 7.99. The lowest BCUT2D eigenvalue weighted by atomic mass is 9.97. The Morgan fingerprint density at radius 3 is 2.03 bits per heavy atom. The van der Waals surface area contributed by atoms with Gasteiger partial charge in [0, 0.05) is 25.6 Å². The number of piperidine rings is 1. The molecule has 0 spiro atoms. The molecule has 1 fully saturated rings. The van der Waals surface area contributed by atoms with Crippen molar-refractivity contribution in [3.63, 3.8) is 0 Å². The maximum absolute atomic E-state index is 13.0. The summed E-state index contributed by atoms with van der Waals surface area (Å²) >= 11 is 0. The van der Waals surface area contributed by atoms with Gasteiger partial charge in [-0.15, -0.1) is 0 Å². The first kappa shape index (κ1) is 24.6. The molecule has 1 aliphatic rings. The monoisotopic (exact) mass is 491 g/mol. The summed E-state index contributed by atoms with van der Waals surface area (Å²) in [6, 6.07) is 25.6. The summed E-state index contributed by atoms with van der Waals surface area (Å²) in [6.45, 7) is 0.983. The predicted octanol–water partition coefficient (Wildman–Crippen LogP) is 3.80. The lowest BCUT2D eigenvalue weighted by Gasteiger charge is -2.30. The van der Waals surface area contributed by atoms with Crippen molar-refractivity contribution in [2.24, 2.45) is 5.92 Å². The van der Waals surface area contributed by atoms with Gasteiger partial charge in [-0.3, -0.25) is 9.59 Å². The fourth-order valence-corrected chi connectivity index (χ4v) is 5.73. The largest absolute Gasteiger partial charge is 0.348 e. The number of rotatable bonds is 8. The molecule has 0 aliphatic carbocycles. The highest BCUT2D eigenvalue weighted by Gasteiger charge is 2.31. The van der Waals surface area contributed by atoms with Crippen molar-refractivity contribution in [1.29, 1.82) is 0 Å². The van der Waals surface area contributed by atoms with Crippen LogP contribution in [0.15, 0.2) is 84.9 Å². The van der Waals surface area contributed by atoms with Gasteiger partial charge in [-0.05, 0) is 36.1 Å². The Morgan fingerprint density at radius 1 is 0.800 bits per heavy atom. The van der Waals surface area contributed by atoms with E-state index in [1.807, 2.05) is 48.5 Å². The van der Waals surface area contributed by atoms with Crippen molar-refractivity contribution in [3.8, 4) is 0 Å². The maximum Gasteiger partial charge on any atom is 0.253 e. The Balaban J connectivity index is 1.33. The van der Waals surface area contributed by atoms with E-state index in [2.05, 4.69) is 10.6 Å². The summed E-state index contributed by atoms with van der Waals surface area (Å²) in [5.74, 6) is -0.838. The zero-order valence-electron chi connectivity index (χ0n) is 19.4. The smallest absolute Gasteiger partial charge is 0.253 e. The van der Waals surface area contributed by atoms with Gasteiger partial charge in [0.1, 0.15) is 0 Å². The van der Waals surface area contributed by atoms with E-state index < -0.39 is 10.0 Å². The summed E-state index contributed by atoms with van der Waals surface area (Å²) in [5, 5.41) is 5.77. The Morgan fingerprint density at radius 2 is 1.37 bits per heavy atom. The number of nitrogens with zero attached hydrogens (tertiary/aromatic N) is 1. The number of amides is 2. The first-order valence-corrected chi connectivity index (χ1v) is 13.3. The van der Waals surface area contributed by atoms with Gasteiger partial charge in [0.15, 0.2) is 0 Å². The minimum absolute atomic E-state index is 0.0455. The van der Waals surface area contributed by atoms with Crippen LogP contribution in [0.25, 0.3) is 0 Å². The topological polar surface area (TPSA) is 95.6 Å². The van der Waals surface area contributed by atoms with E-state index in [4.69, 9.17) is 0 Å². The van der Waals surface area contributed by atoms with Crippen molar-refractivity contribution in [3.05, 3.63) is 102 Å². The fourth-order valence-electron chi connectivity index (χ4n) is 4.17. The van der Waals surface area contributed by atoms with Gasteiger partial charge in [0.05, 0.1) is 17.0 Å². The van der Waals surface area contributed by atoms with Crippen LogP contribution >= 0.6 is 0 Å². The van der Waals surface area contributed by atoms with E-state index in [0.29, 0.717) is 43.7 Å². The van der Waals surface area contributed by atoms with Crippen molar-refractivity contribution in [2.75, 3.05) is 18.4 Å².